The summed E-state index contributed by atoms with van der Waals surface area (Å²) < 4.78 is 52.3. The van der Waals surface area contributed by atoms with E-state index in [1.165, 1.54) is 24.3 Å². The molecule has 0 unspecified atom stereocenters. The summed E-state index contributed by atoms with van der Waals surface area (Å²) in [5, 5.41) is 3.40. The molecule has 5 nitrogen and oxygen atoms in total. The molecule has 3 N–H and O–H groups in total. The van der Waals surface area contributed by atoms with E-state index in [1.54, 1.807) is 19.1 Å². The molecule has 0 spiro atoms. The molecule has 0 amide bonds. The molecule has 1 aliphatic carbocycles. The van der Waals surface area contributed by atoms with Crippen LogP contribution in [0, 0.1) is 30.3 Å². The molecule has 1 fully saturated rings. The molecule has 2 aromatic carbocycles. The van der Waals surface area contributed by atoms with Gasteiger partial charge in [0.05, 0.1) is 12.1 Å². The standard InChI is InChI=1S/C33H38F3N3O2/c1-19(2)31(22(5)41-24-8-6-7-9-24)38-15-14-23-17-28(35)32(29(36)18-23)39-30(40)13-12-26(33(39)37)21(4)25-11-10-20(3)16-27(25)34/h10-13,16-19,24,31,38H,4-9,14-15,37H2,1-3H3/t31-/m0/s1. The number of hydrogen-bond donors (Lipinski definition) is 2. The number of ether oxygens (including phenoxy) is 1. The van der Waals surface area contributed by atoms with Gasteiger partial charge in [0, 0.05) is 17.2 Å². The number of nitrogen functional groups attached to an aromatic ring is 1. The first-order valence-electron chi connectivity index (χ1n) is 14.0. The molecule has 0 aliphatic heterocycles. The highest BCUT2D eigenvalue weighted by Gasteiger charge is 2.24. The van der Waals surface area contributed by atoms with Crippen LogP contribution in [0.4, 0.5) is 19.0 Å². The fourth-order valence-corrected chi connectivity index (χ4v) is 5.41. The lowest BCUT2D eigenvalue weighted by Gasteiger charge is -2.27. The lowest BCUT2D eigenvalue weighted by atomic mass is 9.98. The van der Waals surface area contributed by atoms with Gasteiger partial charge in [0.2, 0.25) is 0 Å². The second kappa shape index (κ2) is 12.8. The zero-order valence-electron chi connectivity index (χ0n) is 23.9. The van der Waals surface area contributed by atoms with Gasteiger partial charge < -0.3 is 15.8 Å². The molecule has 1 aliphatic rings. The van der Waals surface area contributed by atoms with Crippen LogP contribution in [0.25, 0.3) is 11.3 Å². The fraction of sp³-hybridized carbons (Fsp3) is 0.364. The third-order valence-electron chi connectivity index (χ3n) is 7.62. The topological polar surface area (TPSA) is 69.3 Å². The van der Waals surface area contributed by atoms with Crippen LogP contribution in [-0.2, 0) is 11.2 Å². The van der Waals surface area contributed by atoms with Gasteiger partial charge >= 0.3 is 0 Å². The van der Waals surface area contributed by atoms with Crippen molar-refractivity contribution in [1.82, 2.24) is 9.88 Å². The quantitative estimate of drug-likeness (QED) is 0.250. The summed E-state index contributed by atoms with van der Waals surface area (Å²) >= 11 is 0. The van der Waals surface area contributed by atoms with Gasteiger partial charge in [-0.2, -0.15) is 0 Å². The SMILES string of the molecule is C=C(c1ccc(C)cc1F)c1ccc(=O)n(-c2c(F)cc(CCN[C@H](C(=C)OC3CCCC3)C(C)C)cc2F)c1N. The van der Waals surface area contributed by atoms with Gasteiger partial charge in [-0.3, -0.25) is 9.36 Å². The van der Waals surface area contributed by atoms with Gasteiger partial charge in [0.25, 0.3) is 5.56 Å². The van der Waals surface area contributed by atoms with Gasteiger partial charge in [0.1, 0.15) is 23.1 Å². The second-order valence-corrected chi connectivity index (χ2v) is 11.1. The zero-order chi connectivity index (χ0) is 29.8. The molecule has 0 bridgehead atoms. The molecule has 41 heavy (non-hydrogen) atoms. The molecule has 4 rings (SSSR count). The molecule has 218 valence electrons. The maximum atomic E-state index is 15.4. The predicted molar refractivity (Wildman–Crippen MR) is 158 cm³/mol. The molecular weight excluding hydrogens is 527 g/mol. The zero-order valence-corrected chi connectivity index (χ0v) is 23.9. The van der Waals surface area contributed by atoms with E-state index in [4.69, 9.17) is 10.5 Å². The first-order chi connectivity index (χ1) is 19.5. The van der Waals surface area contributed by atoms with Crippen molar-refractivity contribution in [2.24, 2.45) is 5.92 Å². The average Bonchev–Trinajstić information content (AvgIpc) is 3.40. The van der Waals surface area contributed by atoms with Crippen LogP contribution in [-0.4, -0.2) is 23.3 Å². The van der Waals surface area contributed by atoms with Crippen LogP contribution in [0.1, 0.15) is 61.8 Å². The highest BCUT2D eigenvalue weighted by molar-refractivity contribution is 5.83. The average molecular weight is 566 g/mol. The van der Waals surface area contributed by atoms with E-state index in [9.17, 15) is 9.18 Å². The number of nitrogens with zero attached hydrogens (tertiary/aromatic N) is 1. The number of halogens is 3. The van der Waals surface area contributed by atoms with Crippen LogP contribution in [0.3, 0.4) is 0 Å². The summed E-state index contributed by atoms with van der Waals surface area (Å²) in [6.07, 6.45) is 4.91. The number of benzene rings is 2. The second-order valence-electron chi connectivity index (χ2n) is 11.1. The van der Waals surface area contributed by atoms with Gasteiger partial charge in [-0.05, 0) is 92.5 Å². The number of rotatable bonds is 11. The molecule has 1 atom stereocenters. The van der Waals surface area contributed by atoms with Crippen molar-refractivity contribution < 1.29 is 17.9 Å². The van der Waals surface area contributed by atoms with Crippen LogP contribution in [0.15, 0.2) is 66.2 Å². The normalized spacial score (nSPS) is 14.4. The van der Waals surface area contributed by atoms with Crippen LogP contribution >= 0.6 is 0 Å². The van der Waals surface area contributed by atoms with Crippen molar-refractivity contribution in [1.29, 1.82) is 0 Å². The molecule has 0 radical (unpaired) electrons. The highest BCUT2D eigenvalue weighted by atomic mass is 19.1. The summed E-state index contributed by atoms with van der Waals surface area (Å²) in [5.41, 5.74) is 6.62. The first kappa shape index (κ1) is 30.2. The lowest BCUT2D eigenvalue weighted by Crippen LogP contribution is -2.38. The molecule has 1 aromatic heterocycles. The van der Waals surface area contributed by atoms with Gasteiger partial charge in [-0.25, -0.2) is 13.2 Å². The molecule has 1 heterocycles. The van der Waals surface area contributed by atoms with Crippen LogP contribution in [0.5, 0.6) is 0 Å². The largest absolute Gasteiger partial charge is 0.494 e. The maximum absolute atomic E-state index is 15.4. The Labute approximate surface area is 239 Å². The van der Waals surface area contributed by atoms with Gasteiger partial charge in [-0.1, -0.05) is 39.1 Å². The number of nitrogens with one attached hydrogen (secondary N) is 1. The van der Waals surface area contributed by atoms with Crippen molar-refractivity contribution in [3.8, 4) is 5.69 Å². The number of anilines is 1. The summed E-state index contributed by atoms with van der Waals surface area (Å²) in [6, 6.07) is 9.41. The Kier molecular flexibility index (Phi) is 9.43. The molecule has 3 aromatic rings. The van der Waals surface area contributed by atoms with E-state index in [0.717, 1.165) is 41.9 Å². The van der Waals surface area contributed by atoms with Gasteiger partial charge in [-0.15, -0.1) is 0 Å². The summed E-state index contributed by atoms with van der Waals surface area (Å²) in [5.74, 6) is -1.74. The van der Waals surface area contributed by atoms with Crippen LogP contribution < -0.4 is 16.6 Å². The minimum Gasteiger partial charge on any atom is -0.494 e. The first-order valence-corrected chi connectivity index (χ1v) is 14.0. The lowest BCUT2D eigenvalue weighted by molar-refractivity contribution is 0.0979. The van der Waals surface area contributed by atoms with E-state index < -0.39 is 28.7 Å². The van der Waals surface area contributed by atoms with Crippen molar-refractivity contribution in [3.05, 3.63) is 111 Å². The number of aryl methyl sites for hydroxylation is 1. The minimum atomic E-state index is -0.938. The Balaban J connectivity index is 1.54. The van der Waals surface area contributed by atoms with Crippen molar-refractivity contribution in [3.63, 3.8) is 0 Å². The molecule has 0 saturated heterocycles. The third kappa shape index (κ3) is 6.76. The smallest absolute Gasteiger partial charge is 0.256 e. The fourth-order valence-electron chi connectivity index (χ4n) is 5.41. The third-order valence-corrected chi connectivity index (χ3v) is 7.62. The van der Waals surface area contributed by atoms with Gasteiger partial charge in [0.15, 0.2) is 11.6 Å². The minimum absolute atomic E-state index is 0.0999. The number of aromatic nitrogens is 1. The predicted octanol–water partition coefficient (Wildman–Crippen LogP) is 6.84. The Morgan fingerprint density at radius 3 is 2.27 bits per heavy atom. The molecule has 8 heteroatoms. The van der Waals surface area contributed by atoms with Crippen LogP contribution in [0.2, 0.25) is 0 Å². The van der Waals surface area contributed by atoms with E-state index in [-0.39, 0.29) is 40.6 Å². The summed E-state index contributed by atoms with van der Waals surface area (Å²) in [7, 11) is 0. The van der Waals surface area contributed by atoms with E-state index in [0.29, 0.717) is 24.3 Å². The molecule has 1 saturated carbocycles. The van der Waals surface area contributed by atoms with E-state index in [1.807, 2.05) is 0 Å². The summed E-state index contributed by atoms with van der Waals surface area (Å²) in [4.78, 5) is 12.8. The maximum Gasteiger partial charge on any atom is 0.256 e. The van der Waals surface area contributed by atoms with E-state index >= 15 is 8.78 Å². The Morgan fingerprint density at radius 1 is 1.02 bits per heavy atom. The summed E-state index contributed by atoms with van der Waals surface area (Å²) in [6.45, 7) is 14.4. The Morgan fingerprint density at radius 2 is 1.66 bits per heavy atom. The van der Waals surface area contributed by atoms with Crippen molar-refractivity contribution in [2.45, 2.75) is 65.0 Å². The molecular formula is C33H38F3N3O2. The number of hydrogen-bond acceptors (Lipinski definition) is 4. The van der Waals surface area contributed by atoms with E-state index in [2.05, 4.69) is 32.3 Å². The Hall–Kier alpha value is -3.78. The monoisotopic (exact) mass is 565 g/mol. The van der Waals surface area contributed by atoms with Crippen molar-refractivity contribution in [2.75, 3.05) is 12.3 Å². The Bertz CT molecular complexity index is 1480. The highest BCUT2D eigenvalue weighted by Crippen LogP contribution is 2.31. The number of nitrogens with two attached hydrogens (primary N) is 1. The van der Waals surface area contributed by atoms with Crippen molar-refractivity contribution >= 4 is 11.4 Å². The number of pyridine rings is 1.